The average Bonchev–Trinajstić information content (AvgIpc) is 2.48. The summed E-state index contributed by atoms with van der Waals surface area (Å²) in [6, 6.07) is 17.2. The van der Waals surface area contributed by atoms with E-state index < -0.39 is 0 Å². The van der Waals surface area contributed by atoms with Gasteiger partial charge in [-0.15, -0.1) is 11.8 Å². The molecule has 0 aromatic heterocycles. The molecule has 0 radical (unpaired) electrons. The number of hydrogen-bond acceptors (Lipinski definition) is 2. The number of fused-ring (bicyclic) bond motifs is 1. The molecule has 114 valence electrons. The first-order valence-electron chi connectivity index (χ1n) is 7.68. The first-order valence-corrected chi connectivity index (χ1v) is 8.56. The van der Waals surface area contributed by atoms with E-state index in [0.29, 0.717) is 5.25 Å². The summed E-state index contributed by atoms with van der Waals surface area (Å²) in [5, 5.41) is 0.392. The van der Waals surface area contributed by atoms with Gasteiger partial charge in [0.1, 0.15) is 0 Å². The van der Waals surface area contributed by atoms with Crippen molar-refractivity contribution in [3.05, 3.63) is 59.7 Å². The maximum absolute atomic E-state index is 12.0. The molecule has 1 aliphatic rings. The number of aryl methyl sites for hydroxylation is 1. The molecular formula is C19H21NOS. The van der Waals surface area contributed by atoms with E-state index in [-0.39, 0.29) is 11.9 Å². The molecule has 0 bridgehead atoms. The van der Waals surface area contributed by atoms with Crippen molar-refractivity contribution in [2.75, 3.05) is 4.90 Å². The second-order valence-corrected chi connectivity index (χ2v) is 7.23. The van der Waals surface area contributed by atoms with E-state index in [2.05, 4.69) is 56.3 Å². The first kappa shape index (κ1) is 15.2. The van der Waals surface area contributed by atoms with E-state index in [0.717, 1.165) is 12.1 Å². The average molecular weight is 311 g/mol. The number of hydrogen-bond donors (Lipinski definition) is 0. The van der Waals surface area contributed by atoms with Crippen molar-refractivity contribution in [3.8, 4) is 0 Å². The molecule has 0 fully saturated rings. The van der Waals surface area contributed by atoms with E-state index in [9.17, 15) is 4.79 Å². The Bertz CT molecular complexity index is 683. The Kier molecular flexibility index (Phi) is 4.25. The lowest BCUT2D eigenvalue weighted by atomic mass is 9.94. The van der Waals surface area contributed by atoms with Gasteiger partial charge >= 0.3 is 0 Å². The number of rotatable bonds is 2. The van der Waals surface area contributed by atoms with Gasteiger partial charge in [-0.3, -0.25) is 4.79 Å². The van der Waals surface area contributed by atoms with Crippen molar-refractivity contribution in [1.29, 1.82) is 0 Å². The molecule has 0 saturated carbocycles. The Balaban J connectivity index is 2.00. The molecule has 3 heteroatoms. The minimum absolute atomic E-state index is 0.126. The van der Waals surface area contributed by atoms with Crippen LogP contribution in [0.2, 0.25) is 0 Å². The lowest BCUT2D eigenvalue weighted by molar-refractivity contribution is -0.117. The summed E-state index contributed by atoms with van der Waals surface area (Å²) in [4.78, 5) is 15.3. The maximum Gasteiger partial charge on any atom is 0.224 e. The standard InChI is InChI=1S/C19H21NOS/c1-13-9-10-18-17(11-13)19(12-14(2)20(18)15(3)21)22-16-7-5-4-6-8-16/h4-11,14,19H,12H2,1-3H3. The topological polar surface area (TPSA) is 20.3 Å². The van der Waals surface area contributed by atoms with Crippen LogP contribution in [0, 0.1) is 6.92 Å². The van der Waals surface area contributed by atoms with Gasteiger partial charge in [0.2, 0.25) is 5.91 Å². The van der Waals surface area contributed by atoms with Gasteiger partial charge in [-0.05, 0) is 44.0 Å². The zero-order valence-corrected chi connectivity index (χ0v) is 14.1. The summed E-state index contributed by atoms with van der Waals surface area (Å²) >= 11 is 1.90. The summed E-state index contributed by atoms with van der Waals surface area (Å²) in [5.74, 6) is 0.126. The minimum Gasteiger partial charge on any atom is -0.310 e. The molecule has 2 unspecified atom stereocenters. The zero-order valence-electron chi connectivity index (χ0n) is 13.2. The van der Waals surface area contributed by atoms with Crippen LogP contribution in [0.5, 0.6) is 0 Å². The monoisotopic (exact) mass is 311 g/mol. The molecule has 3 rings (SSSR count). The van der Waals surface area contributed by atoms with Crippen molar-refractivity contribution in [2.24, 2.45) is 0 Å². The Labute approximate surface area is 136 Å². The molecule has 2 aromatic rings. The van der Waals surface area contributed by atoms with Gasteiger partial charge in [-0.25, -0.2) is 0 Å². The van der Waals surface area contributed by atoms with Crippen LogP contribution in [-0.2, 0) is 4.79 Å². The normalized spacial score (nSPS) is 20.6. The number of thioether (sulfide) groups is 1. The van der Waals surface area contributed by atoms with Crippen LogP contribution >= 0.6 is 11.8 Å². The molecule has 1 heterocycles. The third-order valence-electron chi connectivity index (χ3n) is 4.15. The van der Waals surface area contributed by atoms with Gasteiger partial charge in [-0.2, -0.15) is 0 Å². The second-order valence-electron chi connectivity index (χ2n) is 5.96. The number of carbonyl (C=O) groups is 1. The van der Waals surface area contributed by atoms with Crippen molar-refractivity contribution in [2.45, 2.75) is 43.4 Å². The van der Waals surface area contributed by atoms with Crippen LogP contribution < -0.4 is 4.90 Å². The maximum atomic E-state index is 12.0. The molecule has 0 saturated heterocycles. The zero-order chi connectivity index (χ0) is 15.7. The van der Waals surface area contributed by atoms with Gasteiger partial charge in [0.25, 0.3) is 0 Å². The highest BCUT2D eigenvalue weighted by molar-refractivity contribution is 7.99. The van der Waals surface area contributed by atoms with Gasteiger partial charge in [0.15, 0.2) is 0 Å². The van der Waals surface area contributed by atoms with Crippen molar-refractivity contribution in [1.82, 2.24) is 0 Å². The Hall–Kier alpha value is -1.74. The van der Waals surface area contributed by atoms with Crippen LogP contribution in [0.3, 0.4) is 0 Å². The van der Waals surface area contributed by atoms with Crippen LogP contribution in [-0.4, -0.2) is 11.9 Å². The Morgan fingerprint density at radius 3 is 2.59 bits per heavy atom. The summed E-state index contributed by atoms with van der Waals surface area (Å²) in [7, 11) is 0. The highest BCUT2D eigenvalue weighted by Gasteiger charge is 2.32. The number of nitrogens with zero attached hydrogens (tertiary/aromatic N) is 1. The Morgan fingerprint density at radius 2 is 1.91 bits per heavy atom. The second kappa shape index (κ2) is 6.17. The van der Waals surface area contributed by atoms with Crippen molar-refractivity contribution >= 4 is 23.4 Å². The molecule has 2 nitrogen and oxygen atoms in total. The van der Waals surface area contributed by atoms with Crippen molar-refractivity contribution < 1.29 is 4.79 Å². The molecule has 0 spiro atoms. The fourth-order valence-electron chi connectivity index (χ4n) is 3.19. The summed E-state index contributed by atoms with van der Waals surface area (Å²) in [6.45, 7) is 5.91. The van der Waals surface area contributed by atoms with Gasteiger partial charge in [-0.1, -0.05) is 35.9 Å². The van der Waals surface area contributed by atoms with Crippen LogP contribution in [0.1, 0.15) is 36.6 Å². The Morgan fingerprint density at radius 1 is 1.18 bits per heavy atom. The molecule has 0 aliphatic carbocycles. The highest BCUT2D eigenvalue weighted by Crippen LogP contribution is 2.47. The van der Waals surface area contributed by atoms with Crippen LogP contribution in [0.15, 0.2) is 53.4 Å². The van der Waals surface area contributed by atoms with E-state index in [1.807, 2.05) is 22.7 Å². The summed E-state index contributed by atoms with van der Waals surface area (Å²) in [5.41, 5.74) is 3.60. The predicted molar refractivity (Wildman–Crippen MR) is 93.5 cm³/mol. The van der Waals surface area contributed by atoms with Gasteiger partial charge in [0, 0.05) is 28.8 Å². The van der Waals surface area contributed by atoms with Crippen LogP contribution in [0.4, 0.5) is 5.69 Å². The van der Waals surface area contributed by atoms with Gasteiger partial charge in [0.05, 0.1) is 0 Å². The van der Waals surface area contributed by atoms with Crippen LogP contribution in [0.25, 0.3) is 0 Å². The lowest BCUT2D eigenvalue weighted by Gasteiger charge is -2.39. The fourth-order valence-corrected chi connectivity index (χ4v) is 4.52. The highest BCUT2D eigenvalue weighted by atomic mass is 32.2. The van der Waals surface area contributed by atoms with E-state index in [1.54, 1.807) is 6.92 Å². The molecule has 2 atom stereocenters. The summed E-state index contributed by atoms with van der Waals surface area (Å²) in [6.07, 6.45) is 0.982. The number of benzene rings is 2. The number of anilines is 1. The van der Waals surface area contributed by atoms with E-state index in [1.165, 1.54) is 16.0 Å². The molecule has 1 aliphatic heterocycles. The molecule has 1 amide bonds. The molecule has 22 heavy (non-hydrogen) atoms. The minimum atomic E-state index is 0.126. The largest absolute Gasteiger partial charge is 0.310 e. The smallest absolute Gasteiger partial charge is 0.224 e. The first-order chi connectivity index (χ1) is 10.6. The molecular weight excluding hydrogens is 290 g/mol. The van der Waals surface area contributed by atoms with E-state index in [4.69, 9.17) is 0 Å². The third kappa shape index (κ3) is 2.91. The fraction of sp³-hybridized carbons (Fsp3) is 0.316. The molecule has 2 aromatic carbocycles. The quantitative estimate of drug-likeness (QED) is 0.780. The molecule has 0 N–H and O–H groups in total. The third-order valence-corrected chi connectivity index (χ3v) is 5.42. The lowest BCUT2D eigenvalue weighted by Crippen LogP contribution is -2.41. The SMILES string of the molecule is CC(=O)N1c2ccc(C)cc2C(Sc2ccccc2)CC1C. The van der Waals surface area contributed by atoms with Gasteiger partial charge < -0.3 is 4.90 Å². The predicted octanol–water partition coefficient (Wildman–Crippen LogP) is 4.97. The summed E-state index contributed by atoms with van der Waals surface area (Å²) < 4.78 is 0. The number of amides is 1. The van der Waals surface area contributed by atoms with Crippen molar-refractivity contribution in [3.63, 3.8) is 0 Å². The van der Waals surface area contributed by atoms with E-state index >= 15 is 0 Å². The number of carbonyl (C=O) groups excluding carboxylic acids is 1.